The molecule has 0 aliphatic carbocycles. The predicted molar refractivity (Wildman–Crippen MR) is 74.5 cm³/mol. The second-order valence-electron chi connectivity index (χ2n) is 5.72. The van der Waals surface area contributed by atoms with Crippen LogP contribution < -0.4 is 5.32 Å². The zero-order chi connectivity index (χ0) is 15.2. The molecule has 1 unspecified atom stereocenters. The van der Waals surface area contributed by atoms with E-state index in [1.54, 1.807) is 7.11 Å². The second kappa shape index (κ2) is 7.67. The van der Waals surface area contributed by atoms with Crippen LogP contribution in [0.4, 0.5) is 8.78 Å². The Balaban J connectivity index is 2.45. The van der Waals surface area contributed by atoms with Crippen LogP contribution in [0.3, 0.4) is 0 Å². The lowest BCUT2D eigenvalue weighted by Gasteiger charge is -2.25. The van der Waals surface area contributed by atoms with E-state index < -0.39 is 17.7 Å². The number of hydrogen-bond donors (Lipinski definition) is 2. The van der Waals surface area contributed by atoms with Crippen LogP contribution in [0.1, 0.15) is 31.9 Å². The Morgan fingerprint density at radius 3 is 2.65 bits per heavy atom. The minimum Gasteiger partial charge on any atom is -0.387 e. The largest absolute Gasteiger partial charge is 0.387 e. The molecule has 3 nitrogen and oxygen atoms in total. The number of benzene rings is 1. The summed E-state index contributed by atoms with van der Waals surface area (Å²) in [7, 11) is 1.66. The van der Waals surface area contributed by atoms with Gasteiger partial charge in [0.25, 0.3) is 0 Å². The van der Waals surface area contributed by atoms with Crippen LogP contribution in [0, 0.1) is 17.0 Å². The first kappa shape index (κ1) is 17.0. The van der Waals surface area contributed by atoms with E-state index >= 15 is 0 Å². The normalized spacial score (nSPS) is 13.5. The van der Waals surface area contributed by atoms with Crippen molar-refractivity contribution in [3.05, 3.63) is 35.4 Å². The minimum atomic E-state index is -0.992. The van der Waals surface area contributed by atoms with Crippen molar-refractivity contribution in [1.82, 2.24) is 5.32 Å². The van der Waals surface area contributed by atoms with Gasteiger partial charge in [-0.2, -0.15) is 0 Å². The lowest BCUT2D eigenvalue weighted by atomic mass is 9.89. The van der Waals surface area contributed by atoms with E-state index in [2.05, 4.69) is 19.2 Å². The number of aliphatic hydroxyl groups is 1. The van der Waals surface area contributed by atoms with Crippen LogP contribution in [0.5, 0.6) is 0 Å². The summed E-state index contributed by atoms with van der Waals surface area (Å²) in [6.45, 7) is 5.74. The molecule has 1 atom stereocenters. The molecule has 0 saturated heterocycles. The number of hydrogen-bond acceptors (Lipinski definition) is 3. The summed E-state index contributed by atoms with van der Waals surface area (Å²) in [6.07, 6.45) is -0.105. The van der Waals surface area contributed by atoms with Crippen LogP contribution >= 0.6 is 0 Å². The zero-order valence-corrected chi connectivity index (χ0v) is 12.2. The summed E-state index contributed by atoms with van der Waals surface area (Å²) in [5.41, 5.74) is 0.130. The van der Waals surface area contributed by atoms with Gasteiger partial charge in [0.05, 0.1) is 6.10 Å². The number of ether oxygens (including phenoxy) is 1. The molecule has 0 heterocycles. The van der Waals surface area contributed by atoms with Crippen molar-refractivity contribution in [1.29, 1.82) is 0 Å². The van der Waals surface area contributed by atoms with E-state index in [1.165, 1.54) is 6.07 Å². The Morgan fingerprint density at radius 2 is 2.05 bits per heavy atom. The highest BCUT2D eigenvalue weighted by Crippen LogP contribution is 2.20. The molecule has 0 aliphatic heterocycles. The van der Waals surface area contributed by atoms with Gasteiger partial charge in [0.2, 0.25) is 0 Å². The number of methoxy groups -OCH3 is 1. The third-order valence-electron chi connectivity index (χ3n) is 3.25. The first-order chi connectivity index (χ1) is 9.35. The number of nitrogens with one attached hydrogen (secondary N) is 1. The Morgan fingerprint density at radius 1 is 1.35 bits per heavy atom. The van der Waals surface area contributed by atoms with E-state index in [1.807, 2.05) is 0 Å². The molecular weight excluding hydrogens is 264 g/mol. The van der Waals surface area contributed by atoms with Crippen molar-refractivity contribution in [2.24, 2.45) is 5.41 Å². The molecule has 0 amide bonds. The van der Waals surface area contributed by atoms with Gasteiger partial charge >= 0.3 is 0 Å². The molecule has 0 fully saturated rings. The quantitative estimate of drug-likeness (QED) is 0.772. The van der Waals surface area contributed by atoms with Crippen molar-refractivity contribution in [3.8, 4) is 0 Å². The molecule has 1 aromatic rings. The standard InChI is InChI=1S/C15H23F2NO2/c1-15(2,6-7-20-3)10-18-9-14(19)12-5-4-11(16)8-13(12)17/h4-5,8,14,18-19H,6-7,9-10H2,1-3H3. The van der Waals surface area contributed by atoms with E-state index in [-0.39, 0.29) is 17.5 Å². The zero-order valence-electron chi connectivity index (χ0n) is 12.2. The van der Waals surface area contributed by atoms with Gasteiger partial charge in [0.15, 0.2) is 0 Å². The van der Waals surface area contributed by atoms with Gasteiger partial charge in [0.1, 0.15) is 11.6 Å². The lowest BCUT2D eigenvalue weighted by Crippen LogP contribution is -2.33. The predicted octanol–water partition coefficient (Wildman–Crippen LogP) is 2.65. The maximum atomic E-state index is 13.5. The van der Waals surface area contributed by atoms with Crippen LogP contribution in [0.2, 0.25) is 0 Å². The Hall–Kier alpha value is -1.04. The van der Waals surface area contributed by atoms with Crippen LogP contribution in [0.15, 0.2) is 18.2 Å². The first-order valence-corrected chi connectivity index (χ1v) is 6.68. The molecule has 5 heteroatoms. The third kappa shape index (κ3) is 5.53. The highest BCUT2D eigenvalue weighted by Gasteiger charge is 2.19. The van der Waals surface area contributed by atoms with Gasteiger partial charge in [-0.05, 0) is 17.9 Å². The van der Waals surface area contributed by atoms with Crippen molar-refractivity contribution in [2.75, 3.05) is 26.8 Å². The number of rotatable bonds is 8. The number of halogens is 2. The van der Waals surface area contributed by atoms with Gasteiger partial charge in [-0.3, -0.25) is 0 Å². The van der Waals surface area contributed by atoms with Gasteiger partial charge < -0.3 is 15.2 Å². The van der Waals surface area contributed by atoms with Gasteiger partial charge in [-0.25, -0.2) is 8.78 Å². The van der Waals surface area contributed by atoms with Crippen molar-refractivity contribution < 1.29 is 18.6 Å². The summed E-state index contributed by atoms with van der Waals surface area (Å²) in [6, 6.07) is 3.19. The Labute approximate surface area is 119 Å². The summed E-state index contributed by atoms with van der Waals surface area (Å²) in [5, 5.41) is 13.0. The van der Waals surface area contributed by atoms with Gasteiger partial charge in [-0.1, -0.05) is 19.9 Å². The SMILES string of the molecule is COCCC(C)(C)CNCC(O)c1ccc(F)cc1F. The average Bonchev–Trinajstić information content (AvgIpc) is 2.36. The van der Waals surface area contributed by atoms with E-state index in [4.69, 9.17) is 4.74 Å². The molecular formula is C15H23F2NO2. The van der Waals surface area contributed by atoms with E-state index in [9.17, 15) is 13.9 Å². The molecule has 0 aliphatic rings. The minimum absolute atomic E-state index is 0.0249. The van der Waals surface area contributed by atoms with Crippen LogP contribution in [0.25, 0.3) is 0 Å². The highest BCUT2D eigenvalue weighted by molar-refractivity contribution is 5.21. The Kier molecular flexibility index (Phi) is 6.52. The summed E-state index contributed by atoms with van der Waals surface area (Å²) in [4.78, 5) is 0. The molecule has 0 radical (unpaired) electrons. The number of aliphatic hydroxyl groups excluding tert-OH is 1. The fraction of sp³-hybridized carbons (Fsp3) is 0.600. The maximum absolute atomic E-state index is 13.5. The topological polar surface area (TPSA) is 41.5 Å². The summed E-state index contributed by atoms with van der Waals surface area (Å²) >= 11 is 0. The molecule has 0 saturated carbocycles. The lowest BCUT2D eigenvalue weighted by molar-refractivity contribution is 0.139. The first-order valence-electron chi connectivity index (χ1n) is 6.68. The third-order valence-corrected chi connectivity index (χ3v) is 3.25. The maximum Gasteiger partial charge on any atom is 0.131 e. The molecule has 0 bridgehead atoms. The van der Waals surface area contributed by atoms with E-state index in [0.717, 1.165) is 18.6 Å². The van der Waals surface area contributed by atoms with Gasteiger partial charge in [-0.15, -0.1) is 0 Å². The Bertz CT molecular complexity index is 424. The molecule has 114 valence electrons. The monoisotopic (exact) mass is 287 g/mol. The van der Waals surface area contributed by atoms with Crippen molar-refractivity contribution >= 4 is 0 Å². The summed E-state index contributed by atoms with van der Waals surface area (Å²) in [5.74, 6) is -1.37. The van der Waals surface area contributed by atoms with Crippen molar-refractivity contribution in [3.63, 3.8) is 0 Å². The molecule has 1 aromatic carbocycles. The van der Waals surface area contributed by atoms with Crippen LogP contribution in [-0.2, 0) is 4.74 Å². The molecule has 1 rings (SSSR count). The fourth-order valence-corrected chi connectivity index (χ4v) is 1.90. The molecule has 0 aromatic heterocycles. The summed E-state index contributed by atoms with van der Waals surface area (Å²) < 4.78 is 31.3. The van der Waals surface area contributed by atoms with Gasteiger partial charge in [0, 0.05) is 38.4 Å². The molecule has 0 spiro atoms. The van der Waals surface area contributed by atoms with E-state index in [0.29, 0.717) is 13.2 Å². The van der Waals surface area contributed by atoms with Crippen molar-refractivity contribution in [2.45, 2.75) is 26.4 Å². The van der Waals surface area contributed by atoms with Crippen LogP contribution in [-0.4, -0.2) is 31.9 Å². The molecule has 20 heavy (non-hydrogen) atoms. The highest BCUT2D eigenvalue weighted by atomic mass is 19.1. The second-order valence-corrected chi connectivity index (χ2v) is 5.72. The fourth-order valence-electron chi connectivity index (χ4n) is 1.90. The average molecular weight is 287 g/mol. The molecule has 2 N–H and O–H groups in total. The smallest absolute Gasteiger partial charge is 0.131 e.